The number of anilines is 2. The van der Waals surface area contributed by atoms with Crippen LogP contribution in [0.3, 0.4) is 0 Å². The summed E-state index contributed by atoms with van der Waals surface area (Å²) in [5, 5.41) is 1.22. The molecule has 3 nitrogen and oxygen atoms in total. The van der Waals surface area contributed by atoms with E-state index in [-0.39, 0.29) is 0 Å². The maximum Gasteiger partial charge on any atom is 0.0799 e. The molecule has 72 valence electrons. The third kappa shape index (κ3) is 0.816. The first-order chi connectivity index (χ1) is 6.77. The van der Waals surface area contributed by atoms with E-state index in [9.17, 15) is 0 Å². The summed E-state index contributed by atoms with van der Waals surface area (Å²) in [6.45, 7) is 1.08. The Morgan fingerprint density at radius 2 is 2.36 bits per heavy atom. The summed E-state index contributed by atoms with van der Waals surface area (Å²) in [7, 11) is 2.09. The third-order valence-corrected chi connectivity index (χ3v) is 3.04. The van der Waals surface area contributed by atoms with E-state index in [1.165, 1.54) is 16.6 Å². The molecule has 0 unspecified atom stereocenters. The minimum absolute atomic E-state index is 0.891. The number of nitrogens with two attached hydrogens (primary N) is 1. The molecule has 0 spiro atoms. The van der Waals surface area contributed by atoms with Crippen LogP contribution in [0.15, 0.2) is 18.3 Å². The maximum atomic E-state index is 6.13. The largest absolute Gasteiger partial charge is 0.395 e. The van der Waals surface area contributed by atoms with Gasteiger partial charge in [-0.3, -0.25) is 0 Å². The van der Waals surface area contributed by atoms with Gasteiger partial charge in [0.1, 0.15) is 0 Å². The molecule has 2 aromatic rings. The van der Waals surface area contributed by atoms with Crippen LogP contribution in [0.1, 0.15) is 5.56 Å². The standard InChI is InChI=1S/C11H13N3/c1-14-5-3-8-6-7-2-4-13-10(7)9(12)11(8)14/h2,4,6,13H,3,5,12H2,1H3. The zero-order valence-electron chi connectivity index (χ0n) is 8.17. The average Bonchev–Trinajstić information content (AvgIpc) is 2.74. The molecular weight excluding hydrogens is 174 g/mol. The third-order valence-electron chi connectivity index (χ3n) is 3.04. The summed E-state index contributed by atoms with van der Waals surface area (Å²) in [5.74, 6) is 0. The highest BCUT2D eigenvalue weighted by atomic mass is 15.1. The number of hydrogen-bond donors (Lipinski definition) is 2. The highest BCUT2D eigenvalue weighted by molar-refractivity contribution is 5.99. The van der Waals surface area contributed by atoms with Gasteiger partial charge < -0.3 is 15.6 Å². The molecule has 0 saturated heterocycles. The van der Waals surface area contributed by atoms with Crippen molar-refractivity contribution in [2.45, 2.75) is 6.42 Å². The van der Waals surface area contributed by atoms with Crippen LogP contribution in [0.2, 0.25) is 0 Å². The topological polar surface area (TPSA) is 45.0 Å². The Hall–Kier alpha value is -1.64. The fraction of sp³-hybridized carbons (Fsp3) is 0.273. The number of H-pyrrole nitrogens is 1. The van der Waals surface area contributed by atoms with Crippen LogP contribution in [-0.2, 0) is 6.42 Å². The maximum absolute atomic E-state index is 6.13. The van der Waals surface area contributed by atoms with Gasteiger partial charge in [0.05, 0.1) is 16.9 Å². The van der Waals surface area contributed by atoms with Gasteiger partial charge in [0, 0.05) is 25.2 Å². The van der Waals surface area contributed by atoms with Crippen LogP contribution in [0.25, 0.3) is 10.9 Å². The molecule has 14 heavy (non-hydrogen) atoms. The fourth-order valence-corrected chi connectivity index (χ4v) is 2.32. The molecule has 0 amide bonds. The molecule has 0 aliphatic carbocycles. The van der Waals surface area contributed by atoms with Gasteiger partial charge in [0.15, 0.2) is 0 Å². The normalized spacial score (nSPS) is 15.1. The summed E-state index contributed by atoms with van der Waals surface area (Å²) in [6, 6.07) is 4.31. The predicted molar refractivity (Wildman–Crippen MR) is 59.7 cm³/mol. The van der Waals surface area contributed by atoms with Crippen LogP contribution in [0.4, 0.5) is 11.4 Å². The first kappa shape index (κ1) is 7.74. The summed E-state index contributed by atoms with van der Waals surface area (Å²) in [5.41, 5.74) is 10.7. The molecule has 0 saturated carbocycles. The minimum atomic E-state index is 0.891. The van der Waals surface area contributed by atoms with E-state index in [0.29, 0.717) is 0 Å². The highest BCUT2D eigenvalue weighted by Gasteiger charge is 2.20. The zero-order valence-corrected chi connectivity index (χ0v) is 8.17. The van der Waals surface area contributed by atoms with Crippen LogP contribution < -0.4 is 10.6 Å². The molecule has 0 bridgehead atoms. The predicted octanol–water partition coefficient (Wildman–Crippen LogP) is 1.74. The number of hydrogen-bond acceptors (Lipinski definition) is 2. The van der Waals surface area contributed by atoms with Gasteiger partial charge in [-0.25, -0.2) is 0 Å². The molecule has 1 aliphatic heterocycles. The van der Waals surface area contributed by atoms with E-state index in [1.807, 2.05) is 6.20 Å². The molecule has 3 heteroatoms. The Labute approximate surface area is 82.5 Å². The van der Waals surface area contributed by atoms with Crippen molar-refractivity contribution in [3.63, 3.8) is 0 Å². The van der Waals surface area contributed by atoms with Crippen molar-refractivity contribution in [2.24, 2.45) is 0 Å². The van der Waals surface area contributed by atoms with Gasteiger partial charge in [-0.05, 0) is 24.1 Å². The SMILES string of the molecule is CN1CCc2cc3cc[nH]c3c(N)c21. The molecule has 1 aromatic heterocycles. The second kappa shape index (κ2) is 2.44. The van der Waals surface area contributed by atoms with E-state index >= 15 is 0 Å². The number of likely N-dealkylation sites (N-methyl/N-ethyl adjacent to an activating group) is 1. The van der Waals surface area contributed by atoms with Crippen molar-refractivity contribution in [1.29, 1.82) is 0 Å². The summed E-state index contributed by atoms with van der Waals surface area (Å²) < 4.78 is 0. The second-order valence-electron chi connectivity index (χ2n) is 3.91. The first-order valence-electron chi connectivity index (χ1n) is 4.87. The lowest BCUT2D eigenvalue weighted by molar-refractivity contribution is 0.957. The number of fused-ring (bicyclic) bond motifs is 2. The lowest BCUT2D eigenvalue weighted by atomic mass is 10.1. The van der Waals surface area contributed by atoms with E-state index in [1.54, 1.807) is 0 Å². The van der Waals surface area contributed by atoms with Crippen molar-refractivity contribution in [2.75, 3.05) is 24.2 Å². The highest BCUT2D eigenvalue weighted by Crippen LogP contribution is 2.37. The lowest BCUT2D eigenvalue weighted by Crippen LogP contribution is -2.14. The summed E-state index contributed by atoms with van der Waals surface area (Å²) in [6.07, 6.45) is 3.05. The fourth-order valence-electron chi connectivity index (χ4n) is 2.32. The number of nitrogens with zero attached hydrogens (tertiary/aromatic N) is 1. The number of aromatic nitrogens is 1. The van der Waals surface area contributed by atoms with Gasteiger partial charge in [-0.2, -0.15) is 0 Å². The minimum Gasteiger partial charge on any atom is -0.395 e. The van der Waals surface area contributed by atoms with Crippen LogP contribution in [0.5, 0.6) is 0 Å². The van der Waals surface area contributed by atoms with E-state index in [2.05, 4.69) is 29.1 Å². The molecule has 3 rings (SSSR count). The monoisotopic (exact) mass is 187 g/mol. The van der Waals surface area contributed by atoms with Crippen molar-refractivity contribution in [3.8, 4) is 0 Å². The molecule has 0 atom stereocenters. The molecule has 3 N–H and O–H groups in total. The van der Waals surface area contributed by atoms with Crippen LogP contribution in [-0.4, -0.2) is 18.6 Å². The van der Waals surface area contributed by atoms with Gasteiger partial charge >= 0.3 is 0 Å². The number of benzene rings is 1. The van der Waals surface area contributed by atoms with Gasteiger partial charge in [-0.15, -0.1) is 0 Å². The van der Waals surface area contributed by atoms with Crippen molar-refractivity contribution in [3.05, 3.63) is 23.9 Å². The van der Waals surface area contributed by atoms with Gasteiger partial charge in [0.2, 0.25) is 0 Å². The Morgan fingerprint density at radius 3 is 3.21 bits per heavy atom. The molecule has 1 aromatic carbocycles. The number of rotatable bonds is 0. The zero-order chi connectivity index (χ0) is 9.71. The quantitative estimate of drug-likeness (QED) is 0.617. The second-order valence-corrected chi connectivity index (χ2v) is 3.91. The van der Waals surface area contributed by atoms with Crippen LogP contribution >= 0.6 is 0 Å². The molecule has 0 fully saturated rings. The Bertz CT molecular complexity index is 498. The van der Waals surface area contributed by atoms with E-state index in [4.69, 9.17) is 5.73 Å². The summed E-state index contributed by atoms with van der Waals surface area (Å²) >= 11 is 0. The Balaban J connectivity index is 2.42. The average molecular weight is 187 g/mol. The number of nitrogen functional groups attached to an aromatic ring is 1. The number of aromatic amines is 1. The van der Waals surface area contributed by atoms with E-state index in [0.717, 1.165) is 24.2 Å². The van der Waals surface area contributed by atoms with Crippen LogP contribution in [0, 0.1) is 0 Å². The molecule has 1 aliphatic rings. The van der Waals surface area contributed by atoms with Crippen molar-refractivity contribution < 1.29 is 0 Å². The van der Waals surface area contributed by atoms with E-state index < -0.39 is 0 Å². The number of nitrogens with one attached hydrogen (secondary N) is 1. The Kier molecular flexibility index (Phi) is 1.35. The molecule has 0 radical (unpaired) electrons. The van der Waals surface area contributed by atoms with Gasteiger partial charge in [-0.1, -0.05) is 0 Å². The van der Waals surface area contributed by atoms with Gasteiger partial charge in [0.25, 0.3) is 0 Å². The smallest absolute Gasteiger partial charge is 0.0799 e. The lowest BCUT2D eigenvalue weighted by Gasteiger charge is -2.14. The van der Waals surface area contributed by atoms with Crippen molar-refractivity contribution >= 4 is 22.3 Å². The van der Waals surface area contributed by atoms with Crippen molar-refractivity contribution in [1.82, 2.24) is 4.98 Å². The molecular formula is C11H13N3. The summed E-state index contributed by atoms with van der Waals surface area (Å²) in [4.78, 5) is 5.41. The first-order valence-corrected chi connectivity index (χ1v) is 4.87. The Morgan fingerprint density at radius 1 is 1.50 bits per heavy atom. The molecule has 2 heterocycles.